The maximum Gasteiger partial charge on any atom is 0.147 e. The molecule has 1 heterocycles. The van der Waals surface area contributed by atoms with Crippen LogP contribution in [-0.2, 0) is 7.05 Å². The predicted octanol–water partition coefficient (Wildman–Crippen LogP) is 0.284. The summed E-state index contributed by atoms with van der Waals surface area (Å²) in [6.07, 6.45) is 0. The van der Waals surface area contributed by atoms with Crippen molar-refractivity contribution >= 4 is 11.5 Å². The van der Waals surface area contributed by atoms with Gasteiger partial charge in [-0.25, -0.2) is 0 Å². The summed E-state index contributed by atoms with van der Waals surface area (Å²) in [6, 6.07) is 0. The van der Waals surface area contributed by atoms with Crippen molar-refractivity contribution in [1.82, 2.24) is 14.7 Å². The molecule has 5 nitrogen and oxygen atoms in total. The van der Waals surface area contributed by atoms with E-state index in [0.29, 0.717) is 0 Å². The number of nitrogens with zero attached hydrogens (tertiary/aromatic N) is 3. The van der Waals surface area contributed by atoms with Crippen LogP contribution in [0.4, 0.5) is 11.5 Å². The van der Waals surface area contributed by atoms with Crippen LogP contribution in [0.15, 0.2) is 0 Å². The number of nitrogens with one attached hydrogen (secondary N) is 1. The second-order valence-electron chi connectivity index (χ2n) is 3.70. The van der Waals surface area contributed by atoms with Crippen LogP contribution in [0.1, 0.15) is 5.69 Å². The van der Waals surface area contributed by atoms with Gasteiger partial charge in [-0.1, -0.05) is 0 Å². The molecular formula is C9H19N5. The Morgan fingerprint density at radius 3 is 2.57 bits per heavy atom. The summed E-state index contributed by atoms with van der Waals surface area (Å²) in [5, 5.41) is 7.49. The molecule has 3 N–H and O–H groups in total. The largest absolute Gasteiger partial charge is 0.394 e. The van der Waals surface area contributed by atoms with E-state index in [9.17, 15) is 0 Å². The first-order valence-corrected chi connectivity index (χ1v) is 4.70. The molecule has 0 aromatic carbocycles. The van der Waals surface area contributed by atoms with Crippen LogP contribution in [0.25, 0.3) is 0 Å². The summed E-state index contributed by atoms with van der Waals surface area (Å²) in [5.41, 5.74) is 7.48. The number of nitrogens with two attached hydrogens (primary N) is 1. The van der Waals surface area contributed by atoms with Crippen LogP contribution in [0.3, 0.4) is 0 Å². The molecule has 1 aromatic heterocycles. The number of aromatic nitrogens is 2. The molecule has 0 unspecified atom stereocenters. The van der Waals surface area contributed by atoms with Gasteiger partial charge in [0.15, 0.2) is 0 Å². The van der Waals surface area contributed by atoms with Gasteiger partial charge in [0.05, 0.1) is 11.4 Å². The van der Waals surface area contributed by atoms with Gasteiger partial charge >= 0.3 is 0 Å². The van der Waals surface area contributed by atoms with E-state index in [2.05, 4.69) is 15.3 Å². The average molecular weight is 197 g/mol. The third-order valence-corrected chi connectivity index (χ3v) is 2.12. The summed E-state index contributed by atoms with van der Waals surface area (Å²) in [6.45, 7) is 3.76. The highest BCUT2D eigenvalue weighted by Gasteiger charge is 2.08. The zero-order valence-electron chi connectivity index (χ0n) is 9.33. The number of hydrogen-bond acceptors (Lipinski definition) is 4. The van der Waals surface area contributed by atoms with E-state index in [-0.39, 0.29) is 0 Å². The first kappa shape index (κ1) is 10.8. The minimum Gasteiger partial charge on any atom is -0.394 e. The molecule has 1 aromatic rings. The zero-order valence-corrected chi connectivity index (χ0v) is 9.33. The second-order valence-corrected chi connectivity index (χ2v) is 3.70. The number of rotatable bonds is 4. The molecule has 0 aliphatic carbocycles. The molecule has 0 amide bonds. The van der Waals surface area contributed by atoms with Crippen LogP contribution in [0, 0.1) is 6.92 Å². The summed E-state index contributed by atoms with van der Waals surface area (Å²) < 4.78 is 1.78. The summed E-state index contributed by atoms with van der Waals surface area (Å²) in [5.74, 6) is 0.907. The highest BCUT2D eigenvalue weighted by molar-refractivity contribution is 5.64. The molecule has 0 aliphatic rings. The minimum absolute atomic E-state index is 0.742. The van der Waals surface area contributed by atoms with Gasteiger partial charge in [0.25, 0.3) is 0 Å². The van der Waals surface area contributed by atoms with Gasteiger partial charge in [0, 0.05) is 20.1 Å². The van der Waals surface area contributed by atoms with E-state index in [0.717, 1.165) is 30.3 Å². The Morgan fingerprint density at radius 1 is 1.50 bits per heavy atom. The van der Waals surface area contributed by atoms with E-state index in [4.69, 9.17) is 5.73 Å². The predicted molar refractivity (Wildman–Crippen MR) is 59.4 cm³/mol. The third-order valence-electron chi connectivity index (χ3n) is 2.12. The fraction of sp³-hybridized carbons (Fsp3) is 0.667. The molecule has 0 spiro atoms. The number of anilines is 2. The van der Waals surface area contributed by atoms with E-state index in [1.807, 2.05) is 28.1 Å². The van der Waals surface area contributed by atoms with Crippen molar-refractivity contribution in [3.63, 3.8) is 0 Å². The molecule has 0 saturated heterocycles. The van der Waals surface area contributed by atoms with Gasteiger partial charge in [-0.15, -0.1) is 0 Å². The number of aryl methyl sites for hydroxylation is 2. The number of nitrogen functional groups attached to an aromatic ring is 1. The summed E-state index contributed by atoms with van der Waals surface area (Å²) in [4.78, 5) is 2.12. The summed E-state index contributed by atoms with van der Waals surface area (Å²) >= 11 is 0. The Balaban J connectivity index is 2.58. The quantitative estimate of drug-likeness (QED) is 0.728. The maximum atomic E-state index is 5.86. The monoisotopic (exact) mass is 197 g/mol. The van der Waals surface area contributed by atoms with Gasteiger partial charge in [-0.05, 0) is 21.0 Å². The van der Waals surface area contributed by atoms with Crippen LogP contribution >= 0.6 is 0 Å². The summed E-state index contributed by atoms with van der Waals surface area (Å²) in [7, 11) is 5.97. The fourth-order valence-electron chi connectivity index (χ4n) is 1.28. The van der Waals surface area contributed by atoms with Crippen LogP contribution < -0.4 is 11.1 Å². The molecule has 0 saturated carbocycles. The molecule has 0 radical (unpaired) electrons. The van der Waals surface area contributed by atoms with Crippen LogP contribution in [-0.4, -0.2) is 41.9 Å². The molecule has 0 fully saturated rings. The Hall–Kier alpha value is -1.23. The van der Waals surface area contributed by atoms with Crippen molar-refractivity contribution in [2.24, 2.45) is 7.05 Å². The maximum absolute atomic E-state index is 5.86. The number of likely N-dealkylation sites (N-methyl/N-ethyl adjacent to an activating group) is 1. The molecule has 80 valence electrons. The average Bonchev–Trinajstić information content (AvgIpc) is 2.31. The van der Waals surface area contributed by atoms with Crippen molar-refractivity contribution in [2.75, 3.05) is 38.2 Å². The van der Waals surface area contributed by atoms with Gasteiger partial charge in [-0.2, -0.15) is 5.10 Å². The molecule has 1 rings (SSSR count). The van der Waals surface area contributed by atoms with E-state index >= 15 is 0 Å². The normalized spacial score (nSPS) is 10.9. The van der Waals surface area contributed by atoms with Gasteiger partial charge in [-0.3, -0.25) is 4.68 Å². The molecule has 0 bridgehead atoms. The first-order chi connectivity index (χ1) is 6.52. The van der Waals surface area contributed by atoms with Crippen molar-refractivity contribution in [3.8, 4) is 0 Å². The van der Waals surface area contributed by atoms with Gasteiger partial charge in [0.1, 0.15) is 5.82 Å². The number of hydrogen-bond donors (Lipinski definition) is 2. The van der Waals surface area contributed by atoms with E-state index in [1.54, 1.807) is 4.68 Å². The highest BCUT2D eigenvalue weighted by Crippen LogP contribution is 2.20. The smallest absolute Gasteiger partial charge is 0.147 e. The zero-order chi connectivity index (χ0) is 10.7. The van der Waals surface area contributed by atoms with Crippen LogP contribution in [0.5, 0.6) is 0 Å². The Bertz CT molecular complexity index is 302. The van der Waals surface area contributed by atoms with Crippen molar-refractivity contribution < 1.29 is 0 Å². The Kier molecular flexibility index (Phi) is 3.35. The SMILES string of the molecule is Cc1nn(C)c(NCCN(C)C)c1N. The topological polar surface area (TPSA) is 59.1 Å². The third kappa shape index (κ3) is 2.38. The van der Waals surface area contributed by atoms with E-state index < -0.39 is 0 Å². The van der Waals surface area contributed by atoms with Gasteiger partial charge in [0.2, 0.25) is 0 Å². The lowest BCUT2D eigenvalue weighted by Crippen LogP contribution is -2.21. The van der Waals surface area contributed by atoms with Gasteiger partial charge < -0.3 is 16.0 Å². The molecule has 0 aliphatic heterocycles. The van der Waals surface area contributed by atoms with Crippen molar-refractivity contribution in [2.45, 2.75) is 6.92 Å². The second kappa shape index (κ2) is 4.32. The van der Waals surface area contributed by atoms with E-state index in [1.165, 1.54) is 0 Å². The lowest BCUT2D eigenvalue weighted by Gasteiger charge is -2.11. The van der Waals surface area contributed by atoms with Crippen LogP contribution in [0.2, 0.25) is 0 Å². The Morgan fingerprint density at radius 2 is 2.14 bits per heavy atom. The fourth-order valence-corrected chi connectivity index (χ4v) is 1.28. The first-order valence-electron chi connectivity index (χ1n) is 4.70. The molecule has 0 atom stereocenters. The highest BCUT2D eigenvalue weighted by atomic mass is 15.3. The Labute approximate surface area is 84.9 Å². The molecule has 5 heteroatoms. The lowest BCUT2D eigenvalue weighted by atomic mass is 10.4. The van der Waals surface area contributed by atoms with Crippen molar-refractivity contribution in [3.05, 3.63) is 5.69 Å². The van der Waals surface area contributed by atoms with Crippen molar-refractivity contribution in [1.29, 1.82) is 0 Å². The molecular weight excluding hydrogens is 178 g/mol. The lowest BCUT2D eigenvalue weighted by molar-refractivity contribution is 0.425. The minimum atomic E-state index is 0.742. The molecule has 14 heavy (non-hydrogen) atoms. The standard InChI is InChI=1S/C9H19N5/c1-7-8(10)9(14(4)12-7)11-5-6-13(2)3/h11H,5-6,10H2,1-4H3.